The van der Waals surface area contributed by atoms with Gasteiger partial charge in [-0.05, 0) is 77.0 Å². The summed E-state index contributed by atoms with van der Waals surface area (Å²) in [7, 11) is 0. The van der Waals surface area contributed by atoms with E-state index in [1.165, 1.54) is 167 Å². The van der Waals surface area contributed by atoms with Crippen LogP contribution in [0, 0.1) is 0 Å². The first kappa shape index (κ1) is 71.4. The lowest BCUT2D eigenvalue weighted by Crippen LogP contribution is -2.60. The predicted octanol–water partition coefficient (Wildman–Crippen LogP) is 15.0. The smallest absolute Gasteiger partial charge is 0.305 e. The van der Waals surface area contributed by atoms with Gasteiger partial charge in [-0.25, -0.2) is 0 Å². The number of hydrogen-bond donors (Lipinski definition) is 6. The van der Waals surface area contributed by atoms with Crippen molar-refractivity contribution in [3.8, 4) is 0 Å². The van der Waals surface area contributed by atoms with Crippen molar-refractivity contribution in [2.45, 2.75) is 320 Å². The molecule has 11 nitrogen and oxygen atoms in total. The van der Waals surface area contributed by atoms with Crippen molar-refractivity contribution in [1.29, 1.82) is 0 Å². The van der Waals surface area contributed by atoms with Crippen molar-refractivity contribution in [1.82, 2.24) is 5.32 Å². The molecule has 11 heteroatoms. The molecule has 0 bridgehead atoms. The van der Waals surface area contributed by atoms with Gasteiger partial charge in [-0.15, -0.1) is 0 Å². The molecular weight excluding hydrogens is 955 g/mol. The fraction of sp³-hybridized carbons (Fsp3) is 0.815. The summed E-state index contributed by atoms with van der Waals surface area (Å²) >= 11 is 0. The van der Waals surface area contributed by atoms with E-state index in [1.807, 2.05) is 6.08 Å². The van der Waals surface area contributed by atoms with Crippen LogP contribution >= 0.6 is 0 Å². The lowest BCUT2D eigenvalue weighted by molar-refractivity contribution is -0.302. The van der Waals surface area contributed by atoms with Gasteiger partial charge >= 0.3 is 5.97 Å². The molecule has 1 fully saturated rings. The van der Waals surface area contributed by atoms with Crippen LogP contribution in [0.25, 0.3) is 0 Å². The number of hydrogen-bond acceptors (Lipinski definition) is 10. The van der Waals surface area contributed by atoms with Gasteiger partial charge in [0.15, 0.2) is 6.29 Å². The summed E-state index contributed by atoms with van der Waals surface area (Å²) in [5.74, 6) is -0.251. The van der Waals surface area contributed by atoms with Gasteiger partial charge in [0, 0.05) is 12.8 Å². The second-order valence-electron chi connectivity index (χ2n) is 21.8. The van der Waals surface area contributed by atoms with Crippen LogP contribution < -0.4 is 5.32 Å². The zero-order valence-corrected chi connectivity index (χ0v) is 48.7. The summed E-state index contributed by atoms with van der Waals surface area (Å²) in [5.41, 5.74) is 0. The van der Waals surface area contributed by atoms with E-state index in [4.69, 9.17) is 14.2 Å². The molecule has 1 rings (SSSR count). The molecule has 1 heterocycles. The quantitative estimate of drug-likeness (QED) is 0.0195. The minimum absolute atomic E-state index is 0.0636. The molecule has 0 spiro atoms. The minimum atomic E-state index is -1.57. The largest absolute Gasteiger partial charge is 0.465 e. The maximum absolute atomic E-state index is 13.0. The maximum Gasteiger partial charge on any atom is 0.305 e. The molecule has 1 aliphatic heterocycles. The van der Waals surface area contributed by atoms with Gasteiger partial charge < -0.3 is 45.1 Å². The number of aliphatic hydroxyl groups is 5. The molecular formula is C65H117NO10. The third kappa shape index (κ3) is 43.3. The minimum Gasteiger partial charge on any atom is -0.465 e. The van der Waals surface area contributed by atoms with Crippen molar-refractivity contribution in [2.75, 3.05) is 19.8 Å². The Morgan fingerprint density at radius 2 is 0.895 bits per heavy atom. The van der Waals surface area contributed by atoms with Gasteiger partial charge in [-0.3, -0.25) is 9.59 Å². The molecule has 0 aromatic carbocycles. The first-order chi connectivity index (χ1) is 37.2. The fourth-order valence-corrected chi connectivity index (χ4v) is 9.58. The molecule has 7 atom stereocenters. The highest BCUT2D eigenvalue weighted by Gasteiger charge is 2.44. The van der Waals surface area contributed by atoms with E-state index in [9.17, 15) is 35.1 Å². The van der Waals surface area contributed by atoms with Gasteiger partial charge in [0.2, 0.25) is 5.91 Å². The van der Waals surface area contributed by atoms with Gasteiger partial charge in [0.25, 0.3) is 0 Å². The summed E-state index contributed by atoms with van der Waals surface area (Å²) in [4.78, 5) is 25.1. The van der Waals surface area contributed by atoms with Crippen LogP contribution in [-0.4, -0.2) is 100 Å². The normalized spacial score (nSPS) is 19.1. The topological polar surface area (TPSA) is 175 Å². The Bertz CT molecular complexity index is 1450. The maximum atomic E-state index is 13.0. The van der Waals surface area contributed by atoms with E-state index in [1.54, 1.807) is 6.08 Å². The summed E-state index contributed by atoms with van der Waals surface area (Å²) < 4.78 is 16.7. The van der Waals surface area contributed by atoms with Crippen LogP contribution in [-0.2, 0) is 23.8 Å². The Hall–Kier alpha value is -2.64. The first-order valence-corrected chi connectivity index (χ1v) is 31.6. The number of rotatable bonds is 54. The van der Waals surface area contributed by atoms with Gasteiger partial charge in [-0.2, -0.15) is 0 Å². The molecule has 7 unspecified atom stereocenters. The molecule has 0 aromatic heterocycles. The van der Waals surface area contributed by atoms with Crippen LogP contribution in [0.2, 0.25) is 0 Å². The van der Waals surface area contributed by atoms with E-state index >= 15 is 0 Å². The molecule has 0 saturated carbocycles. The summed E-state index contributed by atoms with van der Waals surface area (Å²) in [5, 5.41) is 54.4. The van der Waals surface area contributed by atoms with Crippen molar-refractivity contribution in [3.63, 3.8) is 0 Å². The van der Waals surface area contributed by atoms with Crippen LogP contribution in [0.1, 0.15) is 277 Å². The predicted molar refractivity (Wildman–Crippen MR) is 315 cm³/mol. The second-order valence-corrected chi connectivity index (χ2v) is 21.8. The number of amides is 1. The zero-order chi connectivity index (χ0) is 55.2. The third-order valence-corrected chi connectivity index (χ3v) is 14.6. The average Bonchev–Trinajstić information content (AvgIpc) is 3.42. The molecule has 1 amide bonds. The summed E-state index contributed by atoms with van der Waals surface area (Å²) in [6.07, 6.45) is 60.4. The highest BCUT2D eigenvalue weighted by Crippen LogP contribution is 2.23. The van der Waals surface area contributed by atoms with E-state index in [-0.39, 0.29) is 18.5 Å². The Balaban J connectivity index is 2.08. The van der Waals surface area contributed by atoms with E-state index in [2.05, 4.69) is 67.8 Å². The molecule has 1 saturated heterocycles. The van der Waals surface area contributed by atoms with Gasteiger partial charge in [-0.1, -0.05) is 248 Å². The standard InChI is InChI=1S/C65H117NO10/c1-3-5-7-9-11-13-15-17-29-33-37-41-45-49-53-61(70)74-54-50-46-42-38-34-30-26-24-22-20-18-19-21-23-25-28-32-36-40-44-48-52-60(69)66-57(56-75-65-64(73)63(72)62(71)59(55-67)76-65)58(68)51-47-43-39-35-31-27-16-14-12-10-8-6-4-2/h9,11,15,17,30,34,42,46-47,51,57-59,62-65,67-68,71-73H,3-8,10,12-14,16,18-29,31-33,35-41,43-45,48-50,52-56H2,1-2H3,(H,66,69)/b11-9-,17-15-,34-30-,46-42-,51-47+. The monoisotopic (exact) mass is 1070 g/mol. The number of carbonyl (C=O) groups excluding carboxylic acids is 2. The summed E-state index contributed by atoms with van der Waals surface area (Å²) in [6, 6.07) is -0.815. The molecule has 76 heavy (non-hydrogen) atoms. The van der Waals surface area contributed by atoms with Gasteiger partial charge in [0.05, 0.1) is 32.0 Å². The molecule has 0 radical (unpaired) electrons. The molecule has 0 aromatic rings. The SMILES string of the molecule is CCCC/C=C\C/C=C\CCCCCCCC(=O)OCC/C=C\C/C=C\CCCCCCCCCCCCCCCCC(=O)NC(COC1OC(CO)C(O)C(O)C1O)C(O)/C=C/CCCCCCCCCCCCC. The average molecular weight is 1070 g/mol. The van der Waals surface area contributed by atoms with Crippen LogP contribution in [0.5, 0.6) is 0 Å². The number of aliphatic hydroxyl groups excluding tert-OH is 5. The second kappa shape index (κ2) is 54.3. The first-order valence-electron chi connectivity index (χ1n) is 31.6. The number of ether oxygens (including phenoxy) is 3. The Labute approximate surface area is 465 Å². The van der Waals surface area contributed by atoms with E-state index < -0.39 is 49.5 Å². The van der Waals surface area contributed by atoms with Crippen LogP contribution in [0.4, 0.5) is 0 Å². The highest BCUT2D eigenvalue weighted by atomic mass is 16.7. The lowest BCUT2D eigenvalue weighted by atomic mass is 9.99. The van der Waals surface area contributed by atoms with E-state index in [0.717, 1.165) is 83.5 Å². The van der Waals surface area contributed by atoms with Gasteiger partial charge in [0.1, 0.15) is 24.4 Å². The van der Waals surface area contributed by atoms with Crippen molar-refractivity contribution < 1.29 is 49.3 Å². The third-order valence-electron chi connectivity index (χ3n) is 14.6. The molecule has 442 valence electrons. The highest BCUT2D eigenvalue weighted by molar-refractivity contribution is 5.76. The zero-order valence-electron chi connectivity index (χ0n) is 48.7. The number of allylic oxidation sites excluding steroid dienone is 8. The number of unbranched alkanes of at least 4 members (excludes halogenated alkanes) is 32. The fourth-order valence-electron chi connectivity index (χ4n) is 9.58. The number of nitrogens with one attached hydrogen (secondary N) is 1. The number of carbonyl (C=O) groups is 2. The van der Waals surface area contributed by atoms with Crippen molar-refractivity contribution in [2.24, 2.45) is 0 Å². The van der Waals surface area contributed by atoms with Crippen molar-refractivity contribution in [3.05, 3.63) is 60.8 Å². The van der Waals surface area contributed by atoms with Crippen molar-refractivity contribution >= 4 is 11.9 Å². The van der Waals surface area contributed by atoms with Crippen LogP contribution in [0.15, 0.2) is 60.8 Å². The number of esters is 1. The molecule has 6 N–H and O–H groups in total. The van der Waals surface area contributed by atoms with E-state index in [0.29, 0.717) is 19.4 Å². The Morgan fingerprint density at radius 1 is 0.487 bits per heavy atom. The van der Waals surface area contributed by atoms with Crippen LogP contribution in [0.3, 0.4) is 0 Å². The Kier molecular flexibility index (Phi) is 51.0. The Morgan fingerprint density at radius 3 is 1.37 bits per heavy atom. The molecule has 1 aliphatic rings. The molecule has 0 aliphatic carbocycles. The lowest BCUT2D eigenvalue weighted by Gasteiger charge is -2.40. The summed E-state index contributed by atoms with van der Waals surface area (Å²) in [6.45, 7) is 4.18.